The van der Waals surface area contributed by atoms with E-state index < -0.39 is 0 Å². The van der Waals surface area contributed by atoms with Crippen LogP contribution >= 0.6 is 0 Å². The molecule has 0 radical (unpaired) electrons. The molecule has 0 saturated carbocycles. The summed E-state index contributed by atoms with van der Waals surface area (Å²) in [7, 11) is 0. The van der Waals surface area contributed by atoms with E-state index in [-0.39, 0.29) is 0 Å². The maximum atomic E-state index is 6.39. The van der Waals surface area contributed by atoms with Crippen molar-refractivity contribution in [1.82, 2.24) is 0 Å². The predicted octanol–water partition coefficient (Wildman–Crippen LogP) is 12.4. The summed E-state index contributed by atoms with van der Waals surface area (Å²) >= 11 is 0. The fraction of sp³-hybridized carbons (Fsp3) is 0.0233. The Bertz CT molecular complexity index is 2470. The van der Waals surface area contributed by atoms with Gasteiger partial charge in [-0.15, -0.1) is 0 Å². The zero-order chi connectivity index (χ0) is 30.3. The third kappa shape index (κ3) is 4.59. The fourth-order valence-corrected chi connectivity index (χ4v) is 6.68. The second-order valence-electron chi connectivity index (χ2n) is 11.5. The second-order valence-corrected chi connectivity index (χ2v) is 11.5. The Kier molecular flexibility index (Phi) is 6.54. The highest BCUT2D eigenvalue weighted by atomic mass is 16.3. The molecule has 8 aromatic rings. The van der Waals surface area contributed by atoms with Crippen molar-refractivity contribution in [3.05, 3.63) is 176 Å². The lowest BCUT2D eigenvalue weighted by molar-refractivity contribution is 0.669. The quantitative estimate of drug-likeness (QED) is 0.144. The van der Waals surface area contributed by atoms with E-state index in [0.29, 0.717) is 0 Å². The number of hydrogen-bond acceptors (Lipinski definition) is 2. The Morgan fingerprint density at radius 3 is 2.04 bits per heavy atom. The van der Waals surface area contributed by atoms with Gasteiger partial charge in [0.2, 0.25) is 0 Å². The average molecular weight is 578 g/mol. The van der Waals surface area contributed by atoms with Gasteiger partial charge >= 0.3 is 0 Å². The number of hydrogen-bond donors (Lipinski definition) is 0. The van der Waals surface area contributed by atoms with Gasteiger partial charge in [0.25, 0.3) is 0 Å². The van der Waals surface area contributed by atoms with Gasteiger partial charge in [-0.05, 0) is 81.4 Å². The lowest BCUT2D eigenvalue weighted by Gasteiger charge is -2.29. The molecule has 0 aliphatic heterocycles. The molecule has 2 nitrogen and oxygen atoms in total. The van der Waals surface area contributed by atoms with E-state index in [9.17, 15) is 0 Å². The van der Waals surface area contributed by atoms with Crippen LogP contribution in [0.25, 0.3) is 59.8 Å². The van der Waals surface area contributed by atoms with Gasteiger partial charge in [-0.25, -0.2) is 0 Å². The van der Waals surface area contributed by atoms with Crippen LogP contribution in [0.15, 0.2) is 174 Å². The summed E-state index contributed by atoms with van der Waals surface area (Å²) < 4.78 is 6.39. The van der Waals surface area contributed by atoms with E-state index in [1.54, 1.807) is 0 Å². The first kappa shape index (κ1) is 26.7. The number of para-hydroxylation sites is 1. The van der Waals surface area contributed by atoms with Crippen LogP contribution in [-0.4, -0.2) is 0 Å². The van der Waals surface area contributed by atoms with E-state index in [0.717, 1.165) is 39.0 Å². The predicted molar refractivity (Wildman–Crippen MR) is 193 cm³/mol. The van der Waals surface area contributed by atoms with Gasteiger partial charge in [0.15, 0.2) is 0 Å². The molecule has 1 heterocycles. The van der Waals surface area contributed by atoms with Gasteiger partial charge in [-0.2, -0.15) is 0 Å². The summed E-state index contributed by atoms with van der Waals surface area (Å²) in [5.74, 6) is 0. The van der Waals surface area contributed by atoms with Crippen LogP contribution in [0.2, 0.25) is 0 Å². The van der Waals surface area contributed by atoms with Crippen molar-refractivity contribution in [2.75, 3.05) is 4.90 Å². The molecule has 2 heteroatoms. The molecular formula is C43H31NO. The Morgan fingerprint density at radius 1 is 0.578 bits per heavy atom. The minimum atomic E-state index is 0.858. The maximum absolute atomic E-state index is 6.39. The van der Waals surface area contributed by atoms with Gasteiger partial charge < -0.3 is 9.32 Å². The van der Waals surface area contributed by atoms with Crippen molar-refractivity contribution in [3.8, 4) is 0 Å². The van der Waals surface area contributed by atoms with Crippen molar-refractivity contribution in [2.45, 2.75) is 6.92 Å². The minimum Gasteiger partial charge on any atom is -0.456 e. The molecule has 0 amide bonds. The zero-order valence-corrected chi connectivity index (χ0v) is 25.1. The molecule has 7 aromatic carbocycles. The molecule has 0 aliphatic carbocycles. The highest BCUT2D eigenvalue weighted by Crippen LogP contribution is 2.42. The maximum Gasteiger partial charge on any atom is 0.137 e. The largest absolute Gasteiger partial charge is 0.456 e. The van der Waals surface area contributed by atoms with E-state index in [2.05, 4.69) is 158 Å². The number of anilines is 2. The number of furan rings is 1. The van der Waals surface area contributed by atoms with Crippen molar-refractivity contribution >= 4 is 71.2 Å². The van der Waals surface area contributed by atoms with E-state index in [1.807, 2.05) is 18.2 Å². The first-order valence-electron chi connectivity index (χ1n) is 15.3. The van der Waals surface area contributed by atoms with Crippen molar-refractivity contribution in [2.24, 2.45) is 0 Å². The molecule has 0 N–H and O–H groups in total. The van der Waals surface area contributed by atoms with E-state index in [4.69, 9.17) is 4.42 Å². The standard InChI is InChI=1S/C43H31NO/c1-3-13-32(26-29(2)34-22-12-16-30-14-4-6-17-35(30)34)44(33-24-25-40-39-21-10-11-23-42(39)45-43(40)28-33)41-27-31-15-5-7-18-36(31)37-19-8-9-20-38(37)41/h3-28H,1H2,2H3/b29-26+,32-13+. The second kappa shape index (κ2) is 11.0. The van der Waals surface area contributed by atoms with Crippen LogP contribution < -0.4 is 4.90 Å². The van der Waals surface area contributed by atoms with E-state index in [1.165, 1.54) is 43.5 Å². The molecule has 0 unspecified atom stereocenters. The summed E-state index contributed by atoms with van der Waals surface area (Å²) in [4.78, 5) is 2.34. The molecule has 0 spiro atoms. The van der Waals surface area contributed by atoms with Crippen molar-refractivity contribution in [1.29, 1.82) is 0 Å². The van der Waals surface area contributed by atoms with Crippen LogP contribution in [-0.2, 0) is 0 Å². The summed E-state index contributed by atoms with van der Waals surface area (Å²) in [6.45, 7) is 6.33. The molecule has 0 aliphatic rings. The van der Waals surface area contributed by atoms with Gasteiger partial charge in [0, 0.05) is 33.6 Å². The third-order valence-electron chi connectivity index (χ3n) is 8.73. The Morgan fingerprint density at radius 2 is 1.22 bits per heavy atom. The fourth-order valence-electron chi connectivity index (χ4n) is 6.68. The number of allylic oxidation sites excluding steroid dienone is 4. The van der Waals surface area contributed by atoms with Crippen LogP contribution in [0.1, 0.15) is 12.5 Å². The molecule has 0 fully saturated rings. The number of benzene rings is 7. The zero-order valence-electron chi connectivity index (χ0n) is 25.1. The summed E-state index contributed by atoms with van der Waals surface area (Å²) in [6.07, 6.45) is 6.25. The molecule has 1 aromatic heterocycles. The topological polar surface area (TPSA) is 16.4 Å². The van der Waals surface area contributed by atoms with Crippen LogP contribution in [0.4, 0.5) is 11.4 Å². The molecular weight excluding hydrogens is 546 g/mol. The van der Waals surface area contributed by atoms with Gasteiger partial charge in [0.05, 0.1) is 5.69 Å². The number of rotatable bonds is 6. The smallest absolute Gasteiger partial charge is 0.137 e. The Labute approximate surface area is 262 Å². The molecule has 0 atom stereocenters. The average Bonchev–Trinajstić information content (AvgIpc) is 3.46. The summed E-state index contributed by atoms with van der Waals surface area (Å²) in [5.41, 5.74) is 7.23. The van der Waals surface area contributed by atoms with Gasteiger partial charge in [0.1, 0.15) is 11.2 Å². The van der Waals surface area contributed by atoms with Crippen molar-refractivity contribution in [3.63, 3.8) is 0 Å². The highest BCUT2D eigenvalue weighted by molar-refractivity contribution is 6.14. The van der Waals surface area contributed by atoms with Gasteiger partial charge in [-0.3, -0.25) is 0 Å². The highest BCUT2D eigenvalue weighted by Gasteiger charge is 2.20. The third-order valence-corrected chi connectivity index (χ3v) is 8.73. The van der Waals surface area contributed by atoms with Crippen molar-refractivity contribution < 1.29 is 4.42 Å². The molecule has 0 saturated heterocycles. The molecule has 0 bridgehead atoms. The van der Waals surface area contributed by atoms with E-state index >= 15 is 0 Å². The first-order valence-corrected chi connectivity index (χ1v) is 15.3. The lowest BCUT2D eigenvalue weighted by Crippen LogP contribution is -2.16. The monoisotopic (exact) mass is 577 g/mol. The normalized spacial score (nSPS) is 12.5. The summed E-state index contributed by atoms with van der Waals surface area (Å²) in [5, 5.41) is 9.50. The molecule has 45 heavy (non-hydrogen) atoms. The SMILES string of the molecule is C=C/C=C(\C=C(/C)c1cccc2ccccc12)N(c1ccc2c(c1)oc1ccccc12)c1cc2ccccc2c2ccccc12. The molecule has 214 valence electrons. The Balaban J connectivity index is 1.41. The number of nitrogens with zero attached hydrogens (tertiary/aromatic N) is 1. The summed E-state index contributed by atoms with van der Waals surface area (Å²) in [6, 6.07) is 49.4. The van der Waals surface area contributed by atoms with Crippen LogP contribution in [0.5, 0.6) is 0 Å². The lowest BCUT2D eigenvalue weighted by atomic mass is 9.97. The first-order chi connectivity index (χ1) is 22.2. The Hall–Kier alpha value is -5.86. The molecule has 8 rings (SSSR count). The van der Waals surface area contributed by atoms with Crippen LogP contribution in [0, 0.1) is 0 Å². The van der Waals surface area contributed by atoms with Gasteiger partial charge in [-0.1, -0.05) is 122 Å². The minimum absolute atomic E-state index is 0.858. The van der Waals surface area contributed by atoms with Crippen LogP contribution in [0.3, 0.4) is 0 Å². The number of fused-ring (bicyclic) bond motifs is 7.